The first kappa shape index (κ1) is 22.6. The third kappa shape index (κ3) is 6.45. The summed E-state index contributed by atoms with van der Waals surface area (Å²) >= 11 is 0. The van der Waals surface area contributed by atoms with Gasteiger partial charge in [0.05, 0.1) is 12.8 Å². The van der Waals surface area contributed by atoms with Crippen LogP contribution in [0.1, 0.15) is 36.1 Å². The van der Waals surface area contributed by atoms with E-state index in [1.807, 2.05) is 30.8 Å². The van der Waals surface area contributed by atoms with Gasteiger partial charge in [-0.25, -0.2) is 0 Å². The van der Waals surface area contributed by atoms with Crippen molar-refractivity contribution in [1.29, 1.82) is 0 Å². The van der Waals surface area contributed by atoms with Gasteiger partial charge in [0.1, 0.15) is 12.7 Å². The van der Waals surface area contributed by atoms with E-state index in [4.69, 9.17) is 9.47 Å². The number of aliphatic hydroxyl groups is 1. The van der Waals surface area contributed by atoms with Crippen molar-refractivity contribution in [3.63, 3.8) is 0 Å². The molecular weight excluding hydrogens is 380 g/mol. The minimum atomic E-state index is -0.507. The SMILES string of the molecule is COc1ccc(CN(C)Cc2cn(C)nc2C)cc1OC[C@H](O)CN1CCCCC1. The number of hydrogen-bond acceptors (Lipinski definition) is 6. The van der Waals surface area contributed by atoms with Gasteiger partial charge in [-0.15, -0.1) is 0 Å². The molecule has 3 rings (SSSR count). The highest BCUT2D eigenvalue weighted by atomic mass is 16.5. The van der Waals surface area contributed by atoms with Crippen LogP contribution in [-0.4, -0.2) is 71.2 Å². The third-order valence-electron chi connectivity index (χ3n) is 5.58. The Balaban J connectivity index is 1.56. The van der Waals surface area contributed by atoms with Crippen LogP contribution in [0.2, 0.25) is 0 Å². The van der Waals surface area contributed by atoms with Crippen molar-refractivity contribution in [3.8, 4) is 11.5 Å². The number of hydrogen-bond donors (Lipinski definition) is 1. The highest BCUT2D eigenvalue weighted by Crippen LogP contribution is 2.29. The van der Waals surface area contributed by atoms with E-state index in [0.717, 1.165) is 37.4 Å². The van der Waals surface area contributed by atoms with Crippen LogP contribution in [-0.2, 0) is 20.1 Å². The van der Waals surface area contributed by atoms with E-state index in [-0.39, 0.29) is 6.61 Å². The number of aromatic nitrogens is 2. The van der Waals surface area contributed by atoms with Crippen molar-refractivity contribution in [2.24, 2.45) is 7.05 Å². The normalized spacial score (nSPS) is 16.1. The smallest absolute Gasteiger partial charge is 0.161 e. The molecule has 1 saturated heterocycles. The summed E-state index contributed by atoms with van der Waals surface area (Å²) in [5.74, 6) is 1.37. The molecule has 0 bridgehead atoms. The van der Waals surface area contributed by atoms with Gasteiger partial charge < -0.3 is 19.5 Å². The van der Waals surface area contributed by atoms with Crippen LogP contribution < -0.4 is 9.47 Å². The average molecular weight is 417 g/mol. The second kappa shape index (κ2) is 10.8. The molecule has 7 heteroatoms. The van der Waals surface area contributed by atoms with Crippen molar-refractivity contribution in [2.45, 2.75) is 45.4 Å². The van der Waals surface area contributed by atoms with Crippen molar-refractivity contribution in [2.75, 3.05) is 40.4 Å². The standard InChI is InChI=1S/C23H36N4O3/c1-18-20(15-26(3)24-18)14-25(2)13-19-8-9-22(29-4)23(12-19)30-17-21(28)16-27-10-6-5-7-11-27/h8-9,12,15,21,28H,5-7,10-11,13-14,16-17H2,1-4H3/t21-/m1/s1. The Morgan fingerprint density at radius 2 is 1.93 bits per heavy atom. The maximum absolute atomic E-state index is 10.4. The lowest BCUT2D eigenvalue weighted by Crippen LogP contribution is -2.38. The lowest BCUT2D eigenvalue weighted by atomic mass is 10.1. The molecule has 7 nitrogen and oxygen atoms in total. The van der Waals surface area contributed by atoms with Crippen LogP contribution in [0.25, 0.3) is 0 Å². The zero-order valence-corrected chi connectivity index (χ0v) is 18.8. The van der Waals surface area contributed by atoms with Crippen LogP contribution in [0.15, 0.2) is 24.4 Å². The van der Waals surface area contributed by atoms with Gasteiger partial charge in [0.25, 0.3) is 0 Å². The van der Waals surface area contributed by atoms with Crippen LogP contribution in [0.3, 0.4) is 0 Å². The number of ether oxygens (including phenoxy) is 2. The van der Waals surface area contributed by atoms with E-state index < -0.39 is 6.10 Å². The third-order valence-corrected chi connectivity index (χ3v) is 5.58. The van der Waals surface area contributed by atoms with E-state index in [1.54, 1.807) is 7.11 Å². The summed E-state index contributed by atoms with van der Waals surface area (Å²) in [5.41, 5.74) is 3.43. The molecule has 1 N–H and O–H groups in total. The molecule has 0 unspecified atom stereocenters. The summed E-state index contributed by atoms with van der Waals surface area (Å²) in [5, 5.41) is 14.8. The van der Waals surface area contributed by atoms with Crippen molar-refractivity contribution in [3.05, 3.63) is 41.2 Å². The molecule has 2 aromatic rings. The predicted molar refractivity (Wildman–Crippen MR) is 118 cm³/mol. The molecule has 1 aromatic carbocycles. The molecular formula is C23H36N4O3. The molecule has 1 atom stereocenters. The molecule has 2 heterocycles. The second-order valence-electron chi connectivity index (χ2n) is 8.40. The second-order valence-corrected chi connectivity index (χ2v) is 8.40. The van der Waals surface area contributed by atoms with Gasteiger partial charge in [-0.3, -0.25) is 9.58 Å². The van der Waals surface area contributed by atoms with Crippen LogP contribution in [0.4, 0.5) is 0 Å². The summed E-state index contributed by atoms with van der Waals surface area (Å²) in [4.78, 5) is 4.57. The maximum atomic E-state index is 10.4. The zero-order chi connectivity index (χ0) is 21.5. The molecule has 1 aliphatic rings. The largest absolute Gasteiger partial charge is 0.493 e. The maximum Gasteiger partial charge on any atom is 0.161 e. The van der Waals surface area contributed by atoms with Gasteiger partial charge in [-0.2, -0.15) is 5.10 Å². The first-order valence-electron chi connectivity index (χ1n) is 10.8. The lowest BCUT2D eigenvalue weighted by Gasteiger charge is -2.28. The summed E-state index contributed by atoms with van der Waals surface area (Å²) in [6, 6.07) is 6.01. The van der Waals surface area contributed by atoms with Gasteiger partial charge in [-0.05, 0) is 57.6 Å². The number of likely N-dealkylation sites (tertiary alicyclic amines) is 1. The van der Waals surface area contributed by atoms with Crippen molar-refractivity contribution >= 4 is 0 Å². The van der Waals surface area contributed by atoms with Gasteiger partial charge in [-0.1, -0.05) is 12.5 Å². The molecule has 0 radical (unpaired) electrons. The summed E-state index contributed by atoms with van der Waals surface area (Å²) < 4.78 is 13.3. The highest BCUT2D eigenvalue weighted by Gasteiger charge is 2.16. The number of β-amino-alcohol motifs (C(OH)–C–C–N with tert-alkyl or cyclic N) is 1. The van der Waals surface area contributed by atoms with E-state index in [2.05, 4.69) is 34.2 Å². The molecule has 1 aromatic heterocycles. The van der Waals surface area contributed by atoms with Gasteiger partial charge >= 0.3 is 0 Å². The number of rotatable bonds is 10. The van der Waals surface area contributed by atoms with Gasteiger partial charge in [0, 0.05) is 38.4 Å². The minimum Gasteiger partial charge on any atom is -0.493 e. The highest BCUT2D eigenvalue weighted by molar-refractivity contribution is 5.43. The topological polar surface area (TPSA) is 63.0 Å². The van der Waals surface area contributed by atoms with E-state index in [9.17, 15) is 5.11 Å². The Hall–Kier alpha value is -2.09. The first-order valence-corrected chi connectivity index (χ1v) is 10.8. The Morgan fingerprint density at radius 1 is 1.17 bits per heavy atom. The summed E-state index contributed by atoms with van der Waals surface area (Å²) in [6.07, 6.45) is 5.29. The number of nitrogens with zero attached hydrogens (tertiary/aromatic N) is 4. The Bertz CT molecular complexity index is 802. The molecule has 0 spiro atoms. The molecule has 30 heavy (non-hydrogen) atoms. The monoisotopic (exact) mass is 416 g/mol. The van der Waals surface area contributed by atoms with Crippen molar-refractivity contribution in [1.82, 2.24) is 19.6 Å². The molecule has 0 amide bonds. The number of aryl methyl sites for hydroxylation is 2. The fourth-order valence-corrected chi connectivity index (χ4v) is 4.07. The Labute approximate surface area is 180 Å². The number of aliphatic hydroxyl groups excluding tert-OH is 1. The fourth-order valence-electron chi connectivity index (χ4n) is 4.07. The number of benzene rings is 1. The molecule has 1 aliphatic heterocycles. The zero-order valence-electron chi connectivity index (χ0n) is 18.8. The number of piperidine rings is 1. The quantitative estimate of drug-likeness (QED) is 0.642. The summed E-state index contributed by atoms with van der Waals surface area (Å²) in [6.45, 7) is 6.71. The fraction of sp³-hybridized carbons (Fsp3) is 0.609. The van der Waals surface area contributed by atoms with Gasteiger partial charge in [0.15, 0.2) is 11.5 Å². The van der Waals surface area contributed by atoms with Crippen LogP contribution in [0, 0.1) is 6.92 Å². The Kier molecular flexibility index (Phi) is 8.13. The van der Waals surface area contributed by atoms with Gasteiger partial charge in [0.2, 0.25) is 0 Å². The molecule has 1 fully saturated rings. The molecule has 0 saturated carbocycles. The number of methoxy groups -OCH3 is 1. The average Bonchev–Trinajstić information content (AvgIpc) is 3.03. The van der Waals surface area contributed by atoms with E-state index >= 15 is 0 Å². The van der Waals surface area contributed by atoms with Crippen LogP contribution >= 0.6 is 0 Å². The minimum absolute atomic E-state index is 0.265. The van der Waals surface area contributed by atoms with Crippen molar-refractivity contribution < 1.29 is 14.6 Å². The van der Waals surface area contributed by atoms with E-state index in [1.165, 1.54) is 24.8 Å². The Morgan fingerprint density at radius 3 is 2.60 bits per heavy atom. The van der Waals surface area contributed by atoms with Crippen LogP contribution in [0.5, 0.6) is 11.5 Å². The molecule has 0 aliphatic carbocycles. The van der Waals surface area contributed by atoms with E-state index in [0.29, 0.717) is 18.0 Å². The predicted octanol–water partition coefficient (Wildman–Crippen LogP) is 2.59. The molecule has 166 valence electrons. The first-order chi connectivity index (χ1) is 14.4. The summed E-state index contributed by atoms with van der Waals surface area (Å²) in [7, 11) is 5.69. The lowest BCUT2D eigenvalue weighted by molar-refractivity contribution is 0.0608.